The van der Waals surface area contributed by atoms with Crippen LogP contribution in [0.3, 0.4) is 0 Å². The number of hydrogen-bond acceptors (Lipinski definition) is 2. The zero-order chi connectivity index (χ0) is 12.0. The molecule has 96 valence electrons. The molecule has 2 nitrogen and oxygen atoms in total. The van der Waals surface area contributed by atoms with Crippen LogP contribution in [0.5, 0.6) is 0 Å². The summed E-state index contributed by atoms with van der Waals surface area (Å²) in [6.07, 6.45) is 7.16. The van der Waals surface area contributed by atoms with E-state index in [1.807, 2.05) is 0 Å². The summed E-state index contributed by atoms with van der Waals surface area (Å²) in [5, 5.41) is 7.17. The van der Waals surface area contributed by atoms with E-state index in [-0.39, 0.29) is 0 Å². The third kappa shape index (κ3) is 1.70. The Kier molecular flexibility index (Phi) is 2.49. The van der Waals surface area contributed by atoms with Crippen molar-refractivity contribution >= 4 is 0 Å². The fourth-order valence-electron chi connectivity index (χ4n) is 4.02. The van der Waals surface area contributed by atoms with Gasteiger partial charge in [0, 0.05) is 19.1 Å². The predicted molar refractivity (Wildman–Crippen MR) is 73.2 cm³/mol. The molecule has 2 aliphatic heterocycles. The molecule has 3 aliphatic rings. The highest BCUT2D eigenvalue weighted by Crippen LogP contribution is 2.51. The standard InChI is InChI=1S/C16H22N2/c1-4-16(5-1)6-7-18-15(9-16)12-2-3-13-10-17-11-14(13)8-12/h2-3,8,15,17-18H,1,4-7,9-11H2. The average molecular weight is 242 g/mol. The van der Waals surface area contributed by atoms with Crippen LogP contribution in [0.25, 0.3) is 0 Å². The predicted octanol–water partition coefficient (Wildman–Crippen LogP) is 2.88. The maximum atomic E-state index is 3.73. The first-order valence-electron chi connectivity index (χ1n) is 7.41. The molecule has 2 N–H and O–H groups in total. The summed E-state index contributed by atoms with van der Waals surface area (Å²) in [6, 6.07) is 7.71. The molecule has 2 heterocycles. The SMILES string of the molecule is c1cc2c(cc1C1CC3(CCC3)CCN1)CNC2. The minimum atomic E-state index is 0.602. The molecule has 1 saturated carbocycles. The number of hydrogen-bond donors (Lipinski definition) is 2. The first-order valence-corrected chi connectivity index (χ1v) is 7.41. The van der Waals surface area contributed by atoms with Crippen LogP contribution >= 0.6 is 0 Å². The number of piperidine rings is 1. The molecule has 1 spiro atoms. The van der Waals surface area contributed by atoms with Gasteiger partial charge in [-0.25, -0.2) is 0 Å². The van der Waals surface area contributed by atoms with Crippen molar-refractivity contribution in [2.75, 3.05) is 6.54 Å². The van der Waals surface area contributed by atoms with Gasteiger partial charge in [0.1, 0.15) is 0 Å². The Morgan fingerprint density at radius 1 is 1.06 bits per heavy atom. The van der Waals surface area contributed by atoms with Crippen LogP contribution in [0.4, 0.5) is 0 Å². The summed E-state index contributed by atoms with van der Waals surface area (Å²) in [4.78, 5) is 0. The quantitative estimate of drug-likeness (QED) is 0.791. The van der Waals surface area contributed by atoms with Gasteiger partial charge in [0.25, 0.3) is 0 Å². The van der Waals surface area contributed by atoms with Crippen LogP contribution in [-0.2, 0) is 13.1 Å². The molecule has 0 bridgehead atoms. The zero-order valence-electron chi connectivity index (χ0n) is 11.0. The fourth-order valence-corrected chi connectivity index (χ4v) is 4.02. The Labute approximate surface area is 109 Å². The normalized spacial score (nSPS) is 29.0. The summed E-state index contributed by atoms with van der Waals surface area (Å²) in [5.74, 6) is 0. The second-order valence-corrected chi connectivity index (χ2v) is 6.45. The summed E-state index contributed by atoms with van der Waals surface area (Å²) in [6.45, 7) is 3.32. The van der Waals surface area contributed by atoms with Crippen LogP contribution in [0, 0.1) is 5.41 Å². The van der Waals surface area contributed by atoms with E-state index in [2.05, 4.69) is 28.8 Å². The monoisotopic (exact) mass is 242 g/mol. The van der Waals surface area contributed by atoms with Crippen LogP contribution in [0.15, 0.2) is 18.2 Å². The number of rotatable bonds is 1. The molecule has 2 fully saturated rings. The third-order valence-corrected chi connectivity index (χ3v) is 5.36. The van der Waals surface area contributed by atoms with Gasteiger partial charge in [-0.1, -0.05) is 24.6 Å². The number of fused-ring (bicyclic) bond motifs is 1. The van der Waals surface area contributed by atoms with Crippen molar-refractivity contribution in [3.63, 3.8) is 0 Å². The molecule has 1 atom stereocenters. The maximum Gasteiger partial charge on any atom is 0.0325 e. The minimum Gasteiger partial charge on any atom is -0.310 e. The molecular weight excluding hydrogens is 220 g/mol. The Morgan fingerprint density at radius 2 is 1.94 bits per heavy atom. The third-order valence-electron chi connectivity index (χ3n) is 5.36. The van der Waals surface area contributed by atoms with Gasteiger partial charge in [-0.15, -0.1) is 0 Å². The van der Waals surface area contributed by atoms with Gasteiger partial charge in [-0.2, -0.15) is 0 Å². The zero-order valence-corrected chi connectivity index (χ0v) is 11.0. The second kappa shape index (κ2) is 4.07. The Balaban J connectivity index is 1.59. The summed E-state index contributed by atoms with van der Waals surface area (Å²) < 4.78 is 0. The maximum absolute atomic E-state index is 3.73. The highest BCUT2D eigenvalue weighted by molar-refractivity contribution is 5.36. The molecule has 18 heavy (non-hydrogen) atoms. The number of benzene rings is 1. The topological polar surface area (TPSA) is 24.1 Å². The van der Waals surface area contributed by atoms with Crippen molar-refractivity contribution in [2.45, 2.75) is 51.2 Å². The lowest BCUT2D eigenvalue weighted by atomic mass is 9.61. The first-order chi connectivity index (χ1) is 8.85. The first kappa shape index (κ1) is 11.0. The molecule has 1 aliphatic carbocycles. The lowest BCUT2D eigenvalue weighted by molar-refractivity contribution is 0.0632. The molecule has 4 rings (SSSR count). The van der Waals surface area contributed by atoms with Crippen LogP contribution in [0.1, 0.15) is 54.8 Å². The van der Waals surface area contributed by atoms with Crippen molar-refractivity contribution in [3.8, 4) is 0 Å². The highest BCUT2D eigenvalue weighted by atomic mass is 14.9. The van der Waals surface area contributed by atoms with Crippen LogP contribution < -0.4 is 10.6 Å². The molecule has 0 aromatic heterocycles. The summed E-state index contributed by atoms with van der Waals surface area (Å²) in [5.41, 5.74) is 5.23. The highest BCUT2D eigenvalue weighted by Gasteiger charge is 2.41. The molecule has 1 aromatic rings. The van der Waals surface area contributed by atoms with E-state index in [9.17, 15) is 0 Å². The largest absolute Gasteiger partial charge is 0.310 e. The molecule has 0 radical (unpaired) electrons. The van der Waals surface area contributed by atoms with E-state index < -0.39 is 0 Å². The van der Waals surface area contributed by atoms with E-state index in [0.717, 1.165) is 13.1 Å². The number of nitrogens with one attached hydrogen (secondary N) is 2. The van der Waals surface area contributed by atoms with Crippen LogP contribution in [0.2, 0.25) is 0 Å². The van der Waals surface area contributed by atoms with E-state index in [1.165, 1.54) is 55.3 Å². The van der Waals surface area contributed by atoms with Crippen molar-refractivity contribution < 1.29 is 0 Å². The fraction of sp³-hybridized carbons (Fsp3) is 0.625. The van der Waals surface area contributed by atoms with Crippen molar-refractivity contribution in [1.82, 2.24) is 10.6 Å². The lowest BCUT2D eigenvalue weighted by Gasteiger charge is -2.48. The van der Waals surface area contributed by atoms with E-state index in [4.69, 9.17) is 0 Å². The van der Waals surface area contributed by atoms with E-state index in [0.29, 0.717) is 11.5 Å². The van der Waals surface area contributed by atoms with Gasteiger partial charge in [0.15, 0.2) is 0 Å². The Bertz CT molecular complexity index is 462. The smallest absolute Gasteiger partial charge is 0.0325 e. The van der Waals surface area contributed by atoms with Crippen LogP contribution in [-0.4, -0.2) is 6.54 Å². The Morgan fingerprint density at radius 3 is 2.78 bits per heavy atom. The molecule has 2 heteroatoms. The Hall–Kier alpha value is -0.860. The van der Waals surface area contributed by atoms with Gasteiger partial charge in [-0.05, 0) is 54.3 Å². The van der Waals surface area contributed by atoms with Crippen molar-refractivity contribution in [3.05, 3.63) is 34.9 Å². The summed E-state index contributed by atoms with van der Waals surface area (Å²) in [7, 11) is 0. The van der Waals surface area contributed by atoms with E-state index >= 15 is 0 Å². The molecule has 0 amide bonds. The molecule has 1 unspecified atom stereocenters. The second-order valence-electron chi connectivity index (χ2n) is 6.45. The molecule has 1 aromatic carbocycles. The minimum absolute atomic E-state index is 0.602. The van der Waals surface area contributed by atoms with Crippen molar-refractivity contribution in [1.29, 1.82) is 0 Å². The van der Waals surface area contributed by atoms with Gasteiger partial charge in [0.2, 0.25) is 0 Å². The average Bonchev–Trinajstić information content (AvgIpc) is 2.84. The van der Waals surface area contributed by atoms with E-state index in [1.54, 1.807) is 0 Å². The van der Waals surface area contributed by atoms with Crippen molar-refractivity contribution in [2.24, 2.45) is 5.41 Å². The molecule has 1 saturated heterocycles. The lowest BCUT2D eigenvalue weighted by Crippen LogP contribution is -2.42. The van der Waals surface area contributed by atoms with Gasteiger partial charge in [-0.3, -0.25) is 0 Å². The summed E-state index contributed by atoms with van der Waals surface area (Å²) >= 11 is 0. The van der Waals surface area contributed by atoms with Gasteiger partial charge < -0.3 is 10.6 Å². The molecular formula is C16H22N2. The van der Waals surface area contributed by atoms with Gasteiger partial charge in [0.05, 0.1) is 0 Å². The van der Waals surface area contributed by atoms with Gasteiger partial charge >= 0.3 is 0 Å².